The molecule has 1 heterocycles. The van der Waals surface area contributed by atoms with Crippen LogP contribution in [0.1, 0.15) is 22.5 Å². The van der Waals surface area contributed by atoms with Crippen molar-refractivity contribution in [1.82, 2.24) is 10.5 Å². The Bertz CT molecular complexity index is 773. The Labute approximate surface area is 154 Å². The first-order chi connectivity index (χ1) is 12.5. The lowest BCUT2D eigenvalue weighted by atomic mass is 10.1. The quantitative estimate of drug-likeness (QED) is 0.556. The molecule has 1 N–H and O–H groups in total. The van der Waals surface area contributed by atoms with Gasteiger partial charge in [0.05, 0.1) is 10.6 Å². The van der Waals surface area contributed by atoms with Crippen LogP contribution in [0.2, 0.25) is 5.02 Å². The predicted octanol–water partition coefficient (Wildman–Crippen LogP) is 2.75. The van der Waals surface area contributed by atoms with E-state index in [1.807, 2.05) is 0 Å². The van der Waals surface area contributed by atoms with Crippen LogP contribution in [-0.2, 0) is 14.3 Å². The maximum Gasteiger partial charge on any atom is 0.344 e. The number of halogens is 2. The molecule has 7 nitrogen and oxygen atoms in total. The Kier molecular flexibility index (Phi) is 7.11. The number of aromatic nitrogens is 1. The number of carbonyl (C=O) groups is 2. The van der Waals surface area contributed by atoms with Crippen LogP contribution in [0.15, 0.2) is 22.7 Å². The number of hydrogen-bond acceptors (Lipinski definition) is 6. The molecule has 0 aliphatic heterocycles. The zero-order valence-electron chi connectivity index (χ0n) is 14.3. The number of hydrogen-bond donors (Lipinski definition) is 1. The second kappa shape index (κ2) is 9.30. The third-order valence-corrected chi connectivity index (χ3v) is 3.76. The topological polar surface area (TPSA) is 90.7 Å². The number of nitrogens with zero attached hydrogens (tertiary/aromatic N) is 1. The number of carbonyl (C=O) groups excluding carboxylic acids is 2. The second-order valence-corrected chi connectivity index (χ2v) is 5.74. The van der Waals surface area contributed by atoms with Gasteiger partial charge in [-0.15, -0.1) is 0 Å². The van der Waals surface area contributed by atoms with E-state index in [1.165, 1.54) is 25.1 Å². The monoisotopic (exact) mass is 384 g/mol. The molecule has 26 heavy (non-hydrogen) atoms. The van der Waals surface area contributed by atoms with E-state index >= 15 is 0 Å². The minimum atomic E-state index is -0.856. The normalized spacial score (nSPS) is 10.6. The number of esters is 1. The summed E-state index contributed by atoms with van der Waals surface area (Å²) >= 11 is 6.01. The lowest BCUT2D eigenvalue weighted by Gasteiger charge is -2.07. The van der Waals surface area contributed by atoms with Gasteiger partial charge in [-0.2, -0.15) is 0 Å². The molecule has 1 amide bonds. The van der Waals surface area contributed by atoms with Crippen LogP contribution in [0.3, 0.4) is 0 Å². The molecule has 0 fully saturated rings. The van der Waals surface area contributed by atoms with Crippen LogP contribution in [0, 0.1) is 12.7 Å². The van der Waals surface area contributed by atoms with Gasteiger partial charge in [0, 0.05) is 20.3 Å². The number of ether oxygens (including phenoxy) is 2. The Morgan fingerprint density at radius 3 is 2.85 bits per heavy atom. The molecule has 2 aromatic rings. The molecule has 1 aromatic carbocycles. The first-order valence-electron chi connectivity index (χ1n) is 7.79. The van der Waals surface area contributed by atoms with Crippen LogP contribution in [0.5, 0.6) is 0 Å². The van der Waals surface area contributed by atoms with Gasteiger partial charge in [0.25, 0.3) is 5.91 Å². The highest BCUT2D eigenvalue weighted by Crippen LogP contribution is 2.33. The third kappa shape index (κ3) is 4.80. The van der Waals surface area contributed by atoms with Gasteiger partial charge in [0.2, 0.25) is 0 Å². The summed E-state index contributed by atoms with van der Waals surface area (Å²) in [5.74, 6) is -1.85. The van der Waals surface area contributed by atoms with Crippen LogP contribution in [0.25, 0.3) is 11.3 Å². The van der Waals surface area contributed by atoms with E-state index < -0.39 is 24.3 Å². The Morgan fingerprint density at radius 2 is 2.15 bits per heavy atom. The molecule has 0 aliphatic carbocycles. The maximum atomic E-state index is 14.1. The molecule has 0 aliphatic rings. The highest BCUT2D eigenvalue weighted by atomic mass is 35.5. The van der Waals surface area contributed by atoms with Crippen LogP contribution in [-0.4, -0.2) is 43.9 Å². The summed E-state index contributed by atoms with van der Waals surface area (Å²) in [4.78, 5) is 24.0. The van der Waals surface area contributed by atoms with E-state index in [2.05, 4.69) is 10.5 Å². The minimum absolute atomic E-state index is 0.0676. The van der Waals surface area contributed by atoms with Crippen LogP contribution >= 0.6 is 11.6 Å². The molecule has 2 rings (SSSR count). The van der Waals surface area contributed by atoms with Gasteiger partial charge >= 0.3 is 5.97 Å². The molecule has 0 radical (unpaired) electrons. The highest BCUT2D eigenvalue weighted by molar-refractivity contribution is 6.33. The maximum absolute atomic E-state index is 14.1. The van der Waals surface area contributed by atoms with Gasteiger partial charge in [-0.3, -0.25) is 4.79 Å². The number of amides is 1. The van der Waals surface area contributed by atoms with Crippen LogP contribution in [0.4, 0.5) is 4.39 Å². The van der Waals surface area contributed by atoms with Crippen molar-refractivity contribution in [2.24, 2.45) is 0 Å². The van der Waals surface area contributed by atoms with E-state index in [0.717, 1.165) is 0 Å². The highest BCUT2D eigenvalue weighted by Gasteiger charge is 2.26. The summed E-state index contributed by atoms with van der Waals surface area (Å²) in [6, 6.07) is 4.08. The molecule has 0 spiro atoms. The smallest absolute Gasteiger partial charge is 0.344 e. The third-order valence-electron chi connectivity index (χ3n) is 3.45. The Hall–Kier alpha value is -2.45. The number of aryl methyl sites for hydroxylation is 1. The van der Waals surface area contributed by atoms with E-state index in [0.29, 0.717) is 19.6 Å². The molecule has 1 aromatic heterocycles. The van der Waals surface area contributed by atoms with E-state index in [9.17, 15) is 14.0 Å². The van der Waals surface area contributed by atoms with Gasteiger partial charge in [0.15, 0.2) is 6.61 Å². The van der Waals surface area contributed by atoms with Gasteiger partial charge in [0.1, 0.15) is 22.8 Å². The molecule has 140 valence electrons. The lowest BCUT2D eigenvalue weighted by molar-refractivity contribution is -0.124. The molecule has 0 bridgehead atoms. The molecule has 0 saturated heterocycles. The van der Waals surface area contributed by atoms with Gasteiger partial charge in [-0.05, 0) is 25.5 Å². The van der Waals surface area contributed by atoms with Crippen molar-refractivity contribution >= 4 is 23.5 Å². The first-order valence-corrected chi connectivity index (χ1v) is 8.17. The molecular weight excluding hydrogens is 367 g/mol. The standard InChI is InChI=1S/C17H18ClFN2O5/c1-10-14(17(23)25-9-13(22)20-7-4-8-24-2)16(21-26-10)15-11(18)5-3-6-12(15)19/h3,5-6H,4,7-9H2,1-2H3,(H,20,22). The van der Waals surface area contributed by atoms with Crippen molar-refractivity contribution in [3.8, 4) is 11.3 Å². The SMILES string of the molecule is COCCCNC(=O)COC(=O)c1c(-c2c(F)cccc2Cl)noc1C. The largest absolute Gasteiger partial charge is 0.452 e. The fourth-order valence-electron chi connectivity index (χ4n) is 2.21. The molecule has 0 atom stereocenters. The number of benzene rings is 1. The Balaban J connectivity index is 2.09. The van der Waals surface area contributed by atoms with Crippen molar-refractivity contribution in [2.75, 3.05) is 26.9 Å². The first kappa shape index (κ1) is 19.9. The van der Waals surface area contributed by atoms with Crippen molar-refractivity contribution in [3.05, 3.63) is 40.4 Å². The van der Waals surface area contributed by atoms with Crippen LogP contribution < -0.4 is 5.32 Å². The average Bonchev–Trinajstić information content (AvgIpc) is 2.98. The minimum Gasteiger partial charge on any atom is -0.452 e. The molecule has 9 heteroatoms. The van der Waals surface area contributed by atoms with E-state index in [-0.39, 0.29) is 27.6 Å². The summed E-state index contributed by atoms with van der Waals surface area (Å²) in [5, 5.41) is 6.36. The van der Waals surface area contributed by atoms with Gasteiger partial charge < -0.3 is 19.3 Å². The van der Waals surface area contributed by atoms with Gasteiger partial charge in [-0.25, -0.2) is 9.18 Å². The average molecular weight is 385 g/mol. The summed E-state index contributed by atoms with van der Waals surface area (Å²) in [6.07, 6.45) is 0.636. The van der Waals surface area contributed by atoms with E-state index in [4.69, 9.17) is 25.6 Å². The van der Waals surface area contributed by atoms with E-state index in [1.54, 1.807) is 7.11 Å². The molecule has 0 unspecified atom stereocenters. The Morgan fingerprint density at radius 1 is 1.38 bits per heavy atom. The predicted molar refractivity (Wildman–Crippen MR) is 91.4 cm³/mol. The van der Waals surface area contributed by atoms with Crippen molar-refractivity contribution in [3.63, 3.8) is 0 Å². The van der Waals surface area contributed by atoms with Crippen molar-refractivity contribution in [1.29, 1.82) is 0 Å². The summed E-state index contributed by atoms with van der Waals surface area (Å²) in [7, 11) is 1.56. The zero-order chi connectivity index (χ0) is 19.1. The molecular formula is C17H18ClFN2O5. The lowest BCUT2D eigenvalue weighted by Crippen LogP contribution is -2.30. The summed E-state index contributed by atoms with van der Waals surface area (Å²) < 4.78 is 28.9. The fraction of sp³-hybridized carbons (Fsp3) is 0.353. The number of methoxy groups -OCH3 is 1. The van der Waals surface area contributed by atoms with Crippen molar-refractivity contribution < 1.29 is 28.0 Å². The summed E-state index contributed by atoms with van der Waals surface area (Å²) in [6.45, 7) is 1.90. The second-order valence-electron chi connectivity index (χ2n) is 5.33. The van der Waals surface area contributed by atoms with Crippen molar-refractivity contribution in [2.45, 2.75) is 13.3 Å². The number of rotatable bonds is 8. The number of nitrogens with one attached hydrogen (secondary N) is 1. The zero-order valence-corrected chi connectivity index (χ0v) is 15.1. The fourth-order valence-corrected chi connectivity index (χ4v) is 2.46. The molecule has 0 saturated carbocycles. The van der Waals surface area contributed by atoms with Gasteiger partial charge in [-0.1, -0.05) is 22.8 Å². The summed E-state index contributed by atoms with van der Waals surface area (Å²) in [5.41, 5.74) is -0.220.